The second-order valence-corrected chi connectivity index (χ2v) is 11.6. The van der Waals surface area contributed by atoms with Gasteiger partial charge in [-0.05, 0) is 115 Å². The van der Waals surface area contributed by atoms with Crippen molar-refractivity contribution >= 4 is 5.97 Å². The molecule has 3 aliphatic carbocycles. The number of unbranched alkanes of at least 4 members (excludes halogenated alkanes) is 3. The summed E-state index contributed by atoms with van der Waals surface area (Å²) in [5.74, 6) is 2.34. The molecule has 0 amide bonds. The molecule has 36 heavy (non-hydrogen) atoms. The van der Waals surface area contributed by atoms with Gasteiger partial charge >= 0.3 is 5.97 Å². The number of aryl methyl sites for hydroxylation is 1. The van der Waals surface area contributed by atoms with E-state index in [2.05, 4.69) is 37.3 Å². The van der Waals surface area contributed by atoms with Gasteiger partial charge in [0.05, 0.1) is 12.7 Å². The first-order chi connectivity index (χ1) is 17.4. The predicted molar refractivity (Wildman–Crippen MR) is 140 cm³/mol. The fourth-order valence-electron chi connectivity index (χ4n) is 7.73. The molecule has 5 rings (SSSR count). The van der Waals surface area contributed by atoms with Crippen LogP contribution in [-0.4, -0.2) is 34.0 Å². The van der Waals surface area contributed by atoms with Crippen molar-refractivity contribution in [2.24, 2.45) is 17.3 Å². The number of rotatable bonds is 9. The molecule has 2 aromatic carbocycles. The summed E-state index contributed by atoms with van der Waals surface area (Å²) in [5.41, 5.74) is 3.94. The van der Waals surface area contributed by atoms with Crippen molar-refractivity contribution in [3.63, 3.8) is 0 Å². The van der Waals surface area contributed by atoms with E-state index in [1.165, 1.54) is 16.7 Å². The number of benzene rings is 2. The zero-order valence-corrected chi connectivity index (χ0v) is 21.4. The van der Waals surface area contributed by atoms with Crippen molar-refractivity contribution in [2.75, 3.05) is 6.61 Å². The van der Waals surface area contributed by atoms with Gasteiger partial charge in [0.15, 0.2) is 0 Å². The second kappa shape index (κ2) is 10.5. The average molecular weight is 493 g/mol. The molecule has 5 heteroatoms. The van der Waals surface area contributed by atoms with Crippen LogP contribution in [0.4, 0.5) is 0 Å². The number of carboxylic acids is 1. The van der Waals surface area contributed by atoms with Crippen molar-refractivity contribution in [2.45, 2.75) is 89.1 Å². The number of aliphatic hydroxyl groups is 1. The van der Waals surface area contributed by atoms with E-state index in [1.54, 1.807) is 0 Å². The van der Waals surface area contributed by atoms with E-state index in [4.69, 9.17) is 9.84 Å². The number of hydrogen-bond acceptors (Lipinski definition) is 4. The molecule has 0 bridgehead atoms. The standard InChI is InChI=1S/C31H40O5/c1-31-19-26(20-7-11-23(12-8-20)36-17-5-3-2-4-6-29(34)35)30-24-14-10-22(32)18-21(24)9-13-25(30)27(31)15-16-28(31)33/h7-8,10-12,14,18,25-28,30,32-33H,2-6,9,13,15-17,19H2,1H3,(H,34,35)/t25-,26+,27-,28-,30+,31-/m0/s1. The minimum Gasteiger partial charge on any atom is -0.508 e. The SMILES string of the molecule is C[C@]12C[C@H](c3ccc(OCCCCCCC(=O)O)cc3)[C@@H]3c4ccc(O)cc4CC[C@H]3[C@@H]1CC[C@@H]2O. The lowest BCUT2D eigenvalue weighted by Gasteiger charge is -2.54. The van der Waals surface area contributed by atoms with Crippen molar-refractivity contribution in [1.82, 2.24) is 0 Å². The summed E-state index contributed by atoms with van der Waals surface area (Å²) < 4.78 is 5.97. The normalized spacial score (nSPS) is 30.8. The Bertz CT molecular complexity index is 1060. The fourth-order valence-corrected chi connectivity index (χ4v) is 7.73. The molecule has 0 aromatic heterocycles. The van der Waals surface area contributed by atoms with Gasteiger partial charge in [0.25, 0.3) is 0 Å². The van der Waals surface area contributed by atoms with Gasteiger partial charge in [0.1, 0.15) is 11.5 Å². The van der Waals surface area contributed by atoms with Crippen LogP contribution in [0.1, 0.15) is 93.2 Å². The highest BCUT2D eigenvalue weighted by Crippen LogP contribution is 2.65. The lowest BCUT2D eigenvalue weighted by molar-refractivity contribution is -0.137. The van der Waals surface area contributed by atoms with Crippen molar-refractivity contribution in [3.8, 4) is 11.5 Å². The summed E-state index contributed by atoms with van der Waals surface area (Å²) in [6.07, 6.45) is 8.69. The first-order valence-electron chi connectivity index (χ1n) is 13.8. The molecule has 2 fully saturated rings. The number of aliphatic carboxylic acids is 1. The molecule has 0 aliphatic heterocycles. The Hall–Kier alpha value is -2.53. The maximum atomic E-state index is 11.0. The second-order valence-electron chi connectivity index (χ2n) is 11.6. The van der Waals surface area contributed by atoms with Gasteiger partial charge in [0.2, 0.25) is 0 Å². The number of phenolic OH excluding ortho intramolecular Hbond substituents is 1. The minimum absolute atomic E-state index is 0.0456. The first-order valence-corrected chi connectivity index (χ1v) is 13.8. The van der Waals surface area contributed by atoms with Gasteiger partial charge in [-0.25, -0.2) is 0 Å². The number of aliphatic hydroxyl groups excluding tert-OH is 1. The average Bonchev–Trinajstić information content (AvgIpc) is 3.16. The number of hydrogen-bond donors (Lipinski definition) is 3. The summed E-state index contributed by atoms with van der Waals surface area (Å²) in [5, 5.41) is 29.9. The van der Waals surface area contributed by atoms with E-state index in [0.717, 1.165) is 63.5 Å². The molecule has 2 saturated carbocycles. The maximum Gasteiger partial charge on any atom is 0.303 e. The molecule has 5 nitrogen and oxygen atoms in total. The van der Waals surface area contributed by atoms with Gasteiger partial charge in [-0.2, -0.15) is 0 Å². The molecule has 3 aliphatic rings. The molecular weight excluding hydrogens is 452 g/mol. The van der Waals surface area contributed by atoms with Crippen LogP contribution >= 0.6 is 0 Å². The van der Waals surface area contributed by atoms with Crippen LogP contribution in [-0.2, 0) is 11.2 Å². The Morgan fingerprint density at radius 3 is 2.58 bits per heavy atom. The fraction of sp³-hybridized carbons (Fsp3) is 0.581. The summed E-state index contributed by atoms with van der Waals surface area (Å²) in [6.45, 7) is 2.96. The summed E-state index contributed by atoms with van der Waals surface area (Å²) >= 11 is 0. The lowest BCUT2D eigenvalue weighted by atomic mass is 9.51. The number of phenols is 1. The van der Waals surface area contributed by atoms with Gasteiger partial charge in [-0.3, -0.25) is 4.79 Å². The van der Waals surface area contributed by atoms with Crippen LogP contribution in [0.3, 0.4) is 0 Å². The third-order valence-corrected chi connectivity index (χ3v) is 9.53. The molecule has 0 radical (unpaired) electrons. The highest BCUT2D eigenvalue weighted by Gasteiger charge is 2.57. The highest BCUT2D eigenvalue weighted by molar-refractivity contribution is 5.66. The Morgan fingerprint density at radius 2 is 1.81 bits per heavy atom. The minimum atomic E-state index is -0.725. The van der Waals surface area contributed by atoms with Crippen LogP contribution in [0, 0.1) is 17.3 Å². The third-order valence-electron chi connectivity index (χ3n) is 9.53. The number of carbonyl (C=O) groups is 1. The predicted octanol–water partition coefficient (Wildman–Crippen LogP) is 6.42. The summed E-state index contributed by atoms with van der Waals surface area (Å²) in [7, 11) is 0. The number of fused-ring (bicyclic) bond motifs is 5. The molecule has 194 valence electrons. The van der Waals surface area contributed by atoms with Crippen molar-refractivity contribution in [1.29, 1.82) is 0 Å². The topological polar surface area (TPSA) is 87.0 Å². The van der Waals surface area contributed by atoms with Gasteiger partial charge < -0.3 is 20.1 Å². The van der Waals surface area contributed by atoms with Crippen molar-refractivity contribution < 1.29 is 24.9 Å². The number of aromatic hydroxyl groups is 1. The quantitative estimate of drug-likeness (QED) is 0.352. The van der Waals surface area contributed by atoms with Gasteiger partial charge in [0, 0.05) is 6.42 Å². The van der Waals surface area contributed by atoms with Crippen LogP contribution in [0.25, 0.3) is 0 Å². The summed E-state index contributed by atoms with van der Waals surface area (Å²) in [4.78, 5) is 10.6. The smallest absolute Gasteiger partial charge is 0.303 e. The summed E-state index contributed by atoms with van der Waals surface area (Å²) in [6, 6.07) is 14.5. The Morgan fingerprint density at radius 1 is 1.03 bits per heavy atom. The highest BCUT2D eigenvalue weighted by atomic mass is 16.5. The lowest BCUT2D eigenvalue weighted by Crippen LogP contribution is -2.47. The van der Waals surface area contributed by atoms with E-state index in [1.807, 2.05) is 12.1 Å². The molecule has 0 heterocycles. The van der Waals surface area contributed by atoms with E-state index in [9.17, 15) is 15.0 Å². The van der Waals surface area contributed by atoms with Crippen LogP contribution < -0.4 is 4.74 Å². The first kappa shape index (κ1) is 25.1. The van der Waals surface area contributed by atoms with E-state index < -0.39 is 5.97 Å². The van der Waals surface area contributed by atoms with Gasteiger partial charge in [-0.15, -0.1) is 0 Å². The number of carboxylic acid groups (broad SMARTS) is 1. The van der Waals surface area contributed by atoms with E-state index >= 15 is 0 Å². The molecule has 2 aromatic rings. The van der Waals surface area contributed by atoms with Crippen LogP contribution in [0.2, 0.25) is 0 Å². The Labute approximate surface area is 214 Å². The van der Waals surface area contributed by atoms with E-state index in [-0.39, 0.29) is 17.9 Å². The Kier molecular flexibility index (Phi) is 7.30. The van der Waals surface area contributed by atoms with Crippen LogP contribution in [0.5, 0.6) is 11.5 Å². The molecule has 3 N–H and O–H groups in total. The number of ether oxygens (including phenoxy) is 1. The third kappa shape index (κ3) is 4.87. The zero-order chi connectivity index (χ0) is 25.3. The molecule has 0 unspecified atom stereocenters. The van der Waals surface area contributed by atoms with E-state index in [0.29, 0.717) is 36.0 Å². The van der Waals surface area contributed by atoms with Crippen molar-refractivity contribution in [3.05, 3.63) is 59.2 Å². The maximum absolute atomic E-state index is 11.0. The molecule has 0 spiro atoms. The molecular formula is C31H40O5. The van der Waals surface area contributed by atoms with Crippen LogP contribution in [0.15, 0.2) is 42.5 Å². The zero-order valence-electron chi connectivity index (χ0n) is 21.4. The monoisotopic (exact) mass is 492 g/mol. The van der Waals surface area contributed by atoms with Gasteiger partial charge in [-0.1, -0.05) is 38.0 Å². The largest absolute Gasteiger partial charge is 0.508 e. The Balaban J connectivity index is 1.31. The molecule has 0 saturated heterocycles. The molecule has 6 atom stereocenters.